The third kappa shape index (κ3) is 2.93. The second-order valence-corrected chi connectivity index (χ2v) is 5.16. The molecule has 1 aliphatic carbocycles. The number of aromatic nitrogens is 1. The van der Waals surface area contributed by atoms with E-state index in [1.54, 1.807) is 0 Å². The number of carbonyl (C=O) groups is 1. The van der Waals surface area contributed by atoms with Crippen LogP contribution in [0.3, 0.4) is 0 Å². The van der Waals surface area contributed by atoms with Gasteiger partial charge in [0.2, 0.25) is 0 Å². The lowest BCUT2D eigenvalue weighted by molar-refractivity contribution is -0.0901. The van der Waals surface area contributed by atoms with Crippen molar-refractivity contribution in [2.45, 2.75) is 24.8 Å². The molecule has 1 aromatic heterocycles. The second-order valence-electron chi connectivity index (χ2n) is 3.92. The van der Waals surface area contributed by atoms with Gasteiger partial charge >= 0.3 is 0 Å². The maximum atomic E-state index is 12.6. The van der Waals surface area contributed by atoms with Crippen molar-refractivity contribution in [3.8, 4) is 0 Å². The SMILES string of the molecule is O=C(NC1CC(F)(F)C1)c1cc(Cl)ncc1Br. The van der Waals surface area contributed by atoms with E-state index < -0.39 is 17.9 Å². The fourth-order valence-corrected chi connectivity index (χ4v) is 2.17. The summed E-state index contributed by atoms with van der Waals surface area (Å²) in [6.45, 7) is 0. The summed E-state index contributed by atoms with van der Waals surface area (Å²) in [5, 5.41) is 2.70. The number of carbonyl (C=O) groups excluding carboxylic acids is 1. The summed E-state index contributed by atoms with van der Waals surface area (Å²) in [4.78, 5) is 15.5. The van der Waals surface area contributed by atoms with Crippen molar-refractivity contribution in [1.29, 1.82) is 0 Å². The average molecular weight is 326 g/mol. The Morgan fingerprint density at radius 3 is 2.82 bits per heavy atom. The summed E-state index contributed by atoms with van der Waals surface area (Å²) in [6, 6.07) is 0.911. The Balaban J connectivity index is 2.03. The first kappa shape index (κ1) is 12.7. The number of hydrogen-bond acceptors (Lipinski definition) is 2. The molecule has 0 unspecified atom stereocenters. The lowest BCUT2D eigenvalue weighted by atomic mass is 9.88. The minimum atomic E-state index is -2.65. The van der Waals surface area contributed by atoms with Gasteiger partial charge in [-0.3, -0.25) is 4.79 Å². The molecule has 0 spiro atoms. The molecule has 1 amide bonds. The van der Waals surface area contributed by atoms with Crippen molar-refractivity contribution >= 4 is 33.4 Å². The zero-order valence-electron chi connectivity index (χ0n) is 8.51. The molecule has 0 atom stereocenters. The van der Waals surface area contributed by atoms with E-state index in [4.69, 9.17) is 11.6 Å². The summed E-state index contributed by atoms with van der Waals surface area (Å²) in [7, 11) is 0. The molecule has 0 saturated heterocycles. The Morgan fingerprint density at radius 1 is 1.59 bits per heavy atom. The maximum absolute atomic E-state index is 12.6. The largest absolute Gasteiger partial charge is 0.349 e. The van der Waals surface area contributed by atoms with Gasteiger partial charge in [-0.25, -0.2) is 13.8 Å². The third-order valence-electron chi connectivity index (χ3n) is 2.49. The molecule has 0 aromatic carbocycles. The predicted octanol–water partition coefficient (Wildman–Crippen LogP) is 3.03. The number of pyridine rings is 1. The van der Waals surface area contributed by atoms with Gasteiger partial charge < -0.3 is 5.32 Å². The third-order valence-corrected chi connectivity index (χ3v) is 3.33. The van der Waals surface area contributed by atoms with Gasteiger partial charge in [-0.05, 0) is 22.0 Å². The van der Waals surface area contributed by atoms with Crippen molar-refractivity contribution in [2.75, 3.05) is 0 Å². The molecule has 2 rings (SSSR count). The molecule has 0 bridgehead atoms. The van der Waals surface area contributed by atoms with Crippen molar-refractivity contribution in [2.24, 2.45) is 0 Å². The minimum absolute atomic E-state index is 0.178. The second kappa shape index (κ2) is 4.49. The molecular formula is C10H8BrClF2N2O. The fraction of sp³-hybridized carbons (Fsp3) is 0.400. The van der Waals surface area contributed by atoms with Crippen molar-refractivity contribution in [3.63, 3.8) is 0 Å². The number of nitrogens with zero attached hydrogens (tertiary/aromatic N) is 1. The number of hydrogen-bond donors (Lipinski definition) is 1. The van der Waals surface area contributed by atoms with Crippen LogP contribution in [0.4, 0.5) is 8.78 Å². The van der Waals surface area contributed by atoms with Crippen LogP contribution >= 0.6 is 27.5 Å². The van der Waals surface area contributed by atoms with Crippen LogP contribution < -0.4 is 5.32 Å². The van der Waals surface area contributed by atoms with Crippen LogP contribution in [0.25, 0.3) is 0 Å². The molecule has 17 heavy (non-hydrogen) atoms. The minimum Gasteiger partial charge on any atom is -0.349 e. The van der Waals surface area contributed by atoms with Crippen LogP contribution in [0.5, 0.6) is 0 Å². The zero-order valence-corrected chi connectivity index (χ0v) is 10.9. The van der Waals surface area contributed by atoms with Crippen LogP contribution in [0.2, 0.25) is 5.15 Å². The highest BCUT2D eigenvalue weighted by atomic mass is 79.9. The van der Waals surface area contributed by atoms with Crippen LogP contribution in [0.15, 0.2) is 16.7 Å². The number of halogens is 4. The van der Waals surface area contributed by atoms with E-state index in [-0.39, 0.29) is 18.0 Å². The van der Waals surface area contributed by atoms with Crippen molar-refractivity contribution in [3.05, 3.63) is 27.5 Å². The number of nitrogens with one attached hydrogen (secondary N) is 1. The predicted molar refractivity (Wildman–Crippen MR) is 62.4 cm³/mol. The van der Waals surface area contributed by atoms with Crippen molar-refractivity contribution < 1.29 is 13.6 Å². The number of amides is 1. The first-order valence-corrected chi connectivity index (χ1v) is 6.04. The fourth-order valence-electron chi connectivity index (χ4n) is 1.61. The molecule has 1 aromatic rings. The van der Waals surface area contributed by atoms with E-state index in [1.807, 2.05) is 0 Å². The average Bonchev–Trinajstić information content (AvgIpc) is 2.19. The van der Waals surface area contributed by atoms with E-state index in [1.165, 1.54) is 12.3 Å². The monoisotopic (exact) mass is 324 g/mol. The quantitative estimate of drug-likeness (QED) is 0.849. The van der Waals surface area contributed by atoms with Gasteiger partial charge in [-0.15, -0.1) is 0 Å². The molecule has 1 aliphatic rings. The molecular weight excluding hydrogens is 317 g/mol. The van der Waals surface area contributed by atoms with Gasteiger partial charge in [0.25, 0.3) is 11.8 Å². The van der Waals surface area contributed by atoms with Crippen molar-refractivity contribution in [1.82, 2.24) is 10.3 Å². The van der Waals surface area contributed by atoms with E-state index in [0.717, 1.165) is 0 Å². The Morgan fingerprint density at radius 2 is 2.24 bits per heavy atom. The number of rotatable bonds is 2. The molecule has 92 valence electrons. The molecule has 1 N–H and O–H groups in total. The first-order chi connectivity index (χ1) is 7.87. The lowest BCUT2D eigenvalue weighted by Gasteiger charge is -2.35. The van der Waals surface area contributed by atoms with Crippen LogP contribution in [0, 0.1) is 0 Å². The molecule has 1 fully saturated rings. The highest BCUT2D eigenvalue weighted by Crippen LogP contribution is 2.37. The molecule has 1 heterocycles. The van der Waals surface area contributed by atoms with Gasteiger partial charge in [0, 0.05) is 29.6 Å². The highest BCUT2D eigenvalue weighted by Gasteiger charge is 2.46. The maximum Gasteiger partial charge on any atom is 0.252 e. The zero-order chi connectivity index (χ0) is 12.6. The Bertz CT molecular complexity index is 462. The van der Waals surface area contributed by atoms with Gasteiger partial charge in [0.1, 0.15) is 5.15 Å². The molecule has 0 radical (unpaired) electrons. The molecule has 3 nitrogen and oxygen atoms in total. The number of alkyl halides is 2. The summed E-state index contributed by atoms with van der Waals surface area (Å²) in [5.74, 6) is -3.08. The molecule has 1 saturated carbocycles. The Labute approximate surface area is 110 Å². The first-order valence-electron chi connectivity index (χ1n) is 4.87. The molecule has 0 aliphatic heterocycles. The van der Waals surface area contributed by atoms with Crippen LogP contribution in [-0.4, -0.2) is 22.9 Å². The Kier molecular flexibility index (Phi) is 3.36. The Hall–Kier alpha value is -0.750. The van der Waals surface area contributed by atoms with E-state index in [9.17, 15) is 13.6 Å². The van der Waals surface area contributed by atoms with E-state index in [2.05, 4.69) is 26.2 Å². The van der Waals surface area contributed by atoms with Gasteiger partial charge in [0.05, 0.1) is 5.56 Å². The lowest BCUT2D eigenvalue weighted by Crippen LogP contribution is -2.50. The van der Waals surface area contributed by atoms with Gasteiger partial charge in [-0.1, -0.05) is 11.6 Å². The standard InChI is InChI=1S/C10H8BrClF2N2O/c11-7-4-15-8(12)1-6(7)9(17)16-5-2-10(13,14)3-5/h1,4-5H,2-3H2,(H,16,17). The summed E-state index contributed by atoms with van der Waals surface area (Å²) in [5.41, 5.74) is 0.292. The summed E-state index contributed by atoms with van der Waals surface area (Å²) >= 11 is 8.81. The topological polar surface area (TPSA) is 42.0 Å². The molecule has 7 heteroatoms. The van der Waals surface area contributed by atoms with Crippen LogP contribution in [0.1, 0.15) is 23.2 Å². The summed E-state index contributed by atoms with van der Waals surface area (Å²) in [6.07, 6.45) is 0.775. The van der Waals surface area contributed by atoms with Crippen LogP contribution in [-0.2, 0) is 0 Å². The van der Waals surface area contributed by atoms with E-state index in [0.29, 0.717) is 10.0 Å². The normalized spacial score (nSPS) is 18.6. The van der Waals surface area contributed by atoms with E-state index >= 15 is 0 Å². The van der Waals surface area contributed by atoms with Gasteiger partial charge in [-0.2, -0.15) is 0 Å². The smallest absolute Gasteiger partial charge is 0.252 e. The summed E-state index contributed by atoms with van der Waals surface area (Å²) < 4.78 is 25.7. The highest BCUT2D eigenvalue weighted by molar-refractivity contribution is 9.10. The van der Waals surface area contributed by atoms with Gasteiger partial charge in [0.15, 0.2) is 0 Å².